The Morgan fingerprint density at radius 1 is 1.15 bits per heavy atom. The number of carbonyl (C=O) groups excluding carboxylic acids is 1. The summed E-state index contributed by atoms with van der Waals surface area (Å²) in [5.41, 5.74) is 4.20. The molecule has 1 amide bonds. The number of hydrogen-bond acceptors (Lipinski definition) is 2. The molecule has 3 nitrogen and oxygen atoms in total. The van der Waals surface area contributed by atoms with Gasteiger partial charge < -0.3 is 10.4 Å². The molecule has 20 heavy (non-hydrogen) atoms. The van der Waals surface area contributed by atoms with Gasteiger partial charge in [0.2, 0.25) is 5.91 Å². The lowest BCUT2D eigenvalue weighted by atomic mass is 9.98. The summed E-state index contributed by atoms with van der Waals surface area (Å²) in [6, 6.07) is 13.3. The molecule has 0 unspecified atom stereocenters. The van der Waals surface area contributed by atoms with Gasteiger partial charge in [0.25, 0.3) is 0 Å². The highest BCUT2D eigenvalue weighted by atomic mass is 16.3. The second kappa shape index (κ2) is 6.24. The van der Waals surface area contributed by atoms with Crippen molar-refractivity contribution in [2.45, 2.75) is 20.3 Å². The highest BCUT2D eigenvalue weighted by Gasteiger charge is 2.05. The molecule has 0 aliphatic carbocycles. The van der Waals surface area contributed by atoms with Crippen LogP contribution in [0.15, 0.2) is 42.5 Å². The number of phenols is 1. The van der Waals surface area contributed by atoms with Gasteiger partial charge in [0.1, 0.15) is 5.75 Å². The molecular formula is C17H19NO2. The van der Waals surface area contributed by atoms with E-state index >= 15 is 0 Å². The lowest BCUT2D eigenvalue weighted by Gasteiger charge is -2.08. The average molecular weight is 269 g/mol. The number of aryl methyl sites for hydroxylation is 1. The molecular weight excluding hydrogens is 250 g/mol. The Balaban J connectivity index is 2.17. The van der Waals surface area contributed by atoms with Gasteiger partial charge in [-0.05, 0) is 48.2 Å². The lowest BCUT2D eigenvalue weighted by Crippen LogP contribution is -2.24. The standard InChI is InChI=1S/C17H19NO2/c1-3-18-17(20)11-13-4-6-14(7-5-13)16-9-8-15(19)10-12(16)2/h4-10,19H,3,11H2,1-2H3,(H,18,20). The van der Waals surface area contributed by atoms with Crippen LogP contribution >= 0.6 is 0 Å². The highest BCUT2D eigenvalue weighted by Crippen LogP contribution is 2.26. The number of aromatic hydroxyl groups is 1. The van der Waals surface area contributed by atoms with Gasteiger partial charge in [-0.3, -0.25) is 4.79 Å². The van der Waals surface area contributed by atoms with Crippen molar-refractivity contribution in [3.8, 4) is 16.9 Å². The lowest BCUT2D eigenvalue weighted by molar-refractivity contribution is -0.120. The van der Waals surface area contributed by atoms with Crippen LogP contribution in [0.3, 0.4) is 0 Å². The zero-order chi connectivity index (χ0) is 14.5. The van der Waals surface area contributed by atoms with Crippen molar-refractivity contribution >= 4 is 5.91 Å². The third-order valence-corrected chi connectivity index (χ3v) is 3.21. The Kier molecular flexibility index (Phi) is 4.41. The summed E-state index contributed by atoms with van der Waals surface area (Å²) in [5, 5.41) is 12.2. The maximum absolute atomic E-state index is 11.5. The van der Waals surface area contributed by atoms with Gasteiger partial charge in [-0.2, -0.15) is 0 Å². The fourth-order valence-corrected chi connectivity index (χ4v) is 2.22. The normalized spacial score (nSPS) is 10.3. The zero-order valence-electron chi connectivity index (χ0n) is 11.8. The van der Waals surface area contributed by atoms with Crippen molar-refractivity contribution in [3.05, 3.63) is 53.6 Å². The van der Waals surface area contributed by atoms with Gasteiger partial charge in [-0.15, -0.1) is 0 Å². The van der Waals surface area contributed by atoms with E-state index in [4.69, 9.17) is 0 Å². The van der Waals surface area contributed by atoms with E-state index in [2.05, 4.69) is 5.32 Å². The van der Waals surface area contributed by atoms with Crippen molar-refractivity contribution in [3.63, 3.8) is 0 Å². The van der Waals surface area contributed by atoms with Crippen LogP contribution in [0, 0.1) is 6.92 Å². The molecule has 2 aromatic carbocycles. The van der Waals surface area contributed by atoms with Crippen LogP contribution < -0.4 is 5.32 Å². The summed E-state index contributed by atoms with van der Waals surface area (Å²) in [5.74, 6) is 0.320. The summed E-state index contributed by atoms with van der Waals surface area (Å²) in [6.45, 7) is 4.54. The molecule has 0 saturated heterocycles. The van der Waals surface area contributed by atoms with E-state index < -0.39 is 0 Å². The first-order valence-corrected chi connectivity index (χ1v) is 6.75. The fraction of sp³-hybridized carbons (Fsp3) is 0.235. The molecule has 0 aliphatic rings. The fourth-order valence-electron chi connectivity index (χ4n) is 2.22. The summed E-state index contributed by atoms with van der Waals surface area (Å²) < 4.78 is 0. The summed E-state index contributed by atoms with van der Waals surface area (Å²) in [6.07, 6.45) is 0.405. The Bertz CT molecular complexity index is 603. The quantitative estimate of drug-likeness (QED) is 0.896. The number of likely N-dealkylation sites (N-methyl/N-ethyl adjacent to an activating group) is 1. The third kappa shape index (κ3) is 3.38. The van der Waals surface area contributed by atoms with Crippen LogP contribution in [0.5, 0.6) is 5.75 Å². The Labute approximate surface area is 119 Å². The number of rotatable bonds is 4. The molecule has 3 heteroatoms. The first kappa shape index (κ1) is 14.1. The molecule has 0 aliphatic heterocycles. The number of hydrogen-bond donors (Lipinski definition) is 2. The van der Waals surface area contributed by atoms with Crippen molar-refractivity contribution in [2.75, 3.05) is 6.54 Å². The van der Waals surface area contributed by atoms with Crippen molar-refractivity contribution in [1.29, 1.82) is 0 Å². The smallest absolute Gasteiger partial charge is 0.224 e. The van der Waals surface area contributed by atoms with Gasteiger partial charge in [-0.1, -0.05) is 30.3 Å². The molecule has 2 rings (SSSR count). The largest absolute Gasteiger partial charge is 0.508 e. The van der Waals surface area contributed by atoms with Crippen LogP contribution in [0.25, 0.3) is 11.1 Å². The molecule has 0 spiro atoms. The average Bonchev–Trinajstić information content (AvgIpc) is 2.40. The monoisotopic (exact) mass is 269 g/mol. The van der Waals surface area contributed by atoms with E-state index in [1.165, 1.54) is 0 Å². The zero-order valence-corrected chi connectivity index (χ0v) is 11.8. The molecule has 0 saturated carbocycles. The minimum Gasteiger partial charge on any atom is -0.508 e. The summed E-state index contributed by atoms with van der Waals surface area (Å²) in [7, 11) is 0. The van der Waals surface area contributed by atoms with E-state index in [9.17, 15) is 9.90 Å². The van der Waals surface area contributed by atoms with Gasteiger partial charge in [-0.25, -0.2) is 0 Å². The van der Waals surface area contributed by atoms with Crippen LogP contribution in [0.1, 0.15) is 18.1 Å². The second-order valence-electron chi connectivity index (χ2n) is 4.83. The molecule has 0 fully saturated rings. The summed E-state index contributed by atoms with van der Waals surface area (Å²) in [4.78, 5) is 11.5. The molecule has 2 aromatic rings. The Hall–Kier alpha value is -2.29. The number of nitrogens with one attached hydrogen (secondary N) is 1. The second-order valence-corrected chi connectivity index (χ2v) is 4.83. The molecule has 2 N–H and O–H groups in total. The number of phenolic OH excluding ortho intramolecular Hbond substituents is 1. The van der Waals surface area contributed by atoms with E-state index in [1.807, 2.05) is 44.2 Å². The third-order valence-electron chi connectivity index (χ3n) is 3.21. The summed E-state index contributed by atoms with van der Waals surface area (Å²) >= 11 is 0. The molecule has 0 atom stereocenters. The number of amides is 1. The van der Waals surface area contributed by atoms with Gasteiger partial charge in [0.05, 0.1) is 6.42 Å². The number of carbonyl (C=O) groups is 1. The van der Waals surface area contributed by atoms with Gasteiger partial charge in [0, 0.05) is 6.54 Å². The van der Waals surface area contributed by atoms with E-state index in [-0.39, 0.29) is 11.7 Å². The molecule has 0 aromatic heterocycles. The molecule has 0 heterocycles. The molecule has 104 valence electrons. The maximum atomic E-state index is 11.5. The predicted octanol–water partition coefficient (Wildman–Crippen LogP) is 3.05. The minimum absolute atomic E-state index is 0.0427. The Morgan fingerprint density at radius 3 is 2.45 bits per heavy atom. The van der Waals surface area contributed by atoms with Crippen LogP contribution in [-0.4, -0.2) is 17.6 Å². The topological polar surface area (TPSA) is 49.3 Å². The highest BCUT2D eigenvalue weighted by molar-refractivity contribution is 5.79. The van der Waals surface area contributed by atoms with Crippen LogP contribution in [0.4, 0.5) is 0 Å². The minimum atomic E-state index is 0.0427. The van der Waals surface area contributed by atoms with Gasteiger partial charge >= 0.3 is 0 Å². The predicted molar refractivity (Wildman–Crippen MR) is 80.7 cm³/mol. The maximum Gasteiger partial charge on any atom is 0.224 e. The SMILES string of the molecule is CCNC(=O)Cc1ccc(-c2ccc(O)cc2C)cc1. The van der Waals surface area contributed by atoms with Crippen molar-refractivity contribution in [2.24, 2.45) is 0 Å². The molecule has 0 bridgehead atoms. The van der Waals surface area contributed by atoms with Gasteiger partial charge in [0.15, 0.2) is 0 Å². The van der Waals surface area contributed by atoms with Crippen LogP contribution in [0.2, 0.25) is 0 Å². The van der Waals surface area contributed by atoms with E-state index in [0.29, 0.717) is 13.0 Å². The van der Waals surface area contributed by atoms with Crippen molar-refractivity contribution < 1.29 is 9.90 Å². The first-order valence-electron chi connectivity index (χ1n) is 6.75. The van der Waals surface area contributed by atoms with E-state index in [1.54, 1.807) is 12.1 Å². The molecule has 0 radical (unpaired) electrons. The first-order chi connectivity index (χ1) is 9.60. The number of benzene rings is 2. The Morgan fingerprint density at radius 2 is 1.85 bits per heavy atom. The van der Waals surface area contributed by atoms with Crippen molar-refractivity contribution in [1.82, 2.24) is 5.32 Å². The van der Waals surface area contributed by atoms with E-state index in [0.717, 1.165) is 22.3 Å². The van der Waals surface area contributed by atoms with Crippen LogP contribution in [-0.2, 0) is 11.2 Å².